The van der Waals surface area contributed by atoms with E-state index in [2.05, 4.69) is 11.9 Å². The number of hydrogen-bond donors (Lipinski definition) is 1. The van der Waals surface area contributed by atoms with E-state index in [1.54, 1.807) is 0 Å². The zero-order chi connectivity index (χ0) is 11.8. The van der Waals surface area contributed by atoms with Gasteiger partial charge in [0.2, 0.25) is 0 Å². The van der Waals surface area contributed by atoms with Gasteiger partial charge in [-0.2, -0.15) is 0 Å². The third-order valence-electron chi connectivity index (χ3n) is 3.75. The summed E-state index contributed by atoms with van der Waals surface area (Å²) >= 11 is 5.75. The van der Waals surface area contributed by atoms with Crippen LogP contribution in [0.2, 0.25) is 0 Å². The lowest BCUT2D eigenvalue weighted by molar-refractivity contribution is -0.148. The van der Waals surface area contributed by atoms with Crippen LogP contribution in [0.15, 0.2) is 12.2 Å². The van der Waals surface area contributed by atoms with Crippen molar-refractivity contribution in [2.75, 3.05) is 19.5 Å². The average Bonchev–Trinajstić information content (AvgIpc) is 2.93. The van der Waals surface area contributed by atoms with Crippen molar-refractivity contribution in [3.05, 3.63) is 12.2 Å². The predicted molar refractivity (Wildman–Crippen MR) is 63.5 cm³/mol. The molecule has 0 aromatic heterocycles. The van der Waals surface area contributed by atoms with E-state index in [1.807, 2.05) is 0 Å². The predicted octanol–water partition coefficient (Wildman–Crippen LogP) is 1.86. The minimum absolute atomic E-state index is 0.178. The van der Waals surface area contributed by atoms with Gasteiger partial charge in [0, 0.05) is 12.4 Å². The van der Waals surface area contributed by atoms with E-state index in [4.69, 9.17) is 16.3 Å². The molecule has 1 aliphatic carbocycles. The molecule has 0 radical (unpaired) electrons. The summed E-state index contributed by atoms with van der Waals surface area (Å²) in [7, 11) is 1.44. The maximum absolute atomic E-state index is 11.9. The molecule has 3 nitrogen and oxygen atoms in total. The molecular weight excluding hydrogens is 226 g/mol. The minimum atomic E-state index is -0.572. The molecule has 1 spiro atoms. The number of rotatable bonds is 4. The largest absolute Gasteiger partial charge is 0.468 e. The number of methoxy groups -OCH3 is 1. The molecule has 1 unspecified atom stereocenters. The SMILES string of the molecule is C=C(CCl)CC1(C(=O)OC)CC2(CC2)CN1. The van der Waals surface area contributed by atoms with Crippen LogP contribution in [0.25, 0.3) is 0 Å². The third-order valence-corrected chi connectivity index (χ3v) is 4.13. The number of ether oxygens (including phenoxy) is 1. The summed E-state index contributed by atoms with van der Waals surface area (Å²) in [5.74, 6) is 0.218. The first-order valence-corrected chi connectivity index (χ1v) is 6.15. The van der Waals surface area contributed by atoms with Crippen molar-refractivity contribution in [1.82, 2.24) is 5.32 Å². The molecule has 90 valence electrons. The molecule has 1 saturated heterocycles. The third kappa shape index (κ3) is 1.98. The highest BCUT2D eigenvalue weighted by Crippen LogP contribution is 2.55. The Balaban J connectivity index is 2.13. The summed E-state index contributed by atoms with van der Waals surface area (Å²) in [6.45, 7) is 4.80. The van der Waals surface area contributed by atoms with Gasteiger partial charge in [0.05, 0.1) is 7.11 Å². The van der Waals surface area contributed by atoms with Gasteiger partial charge >= 0.3 is 5.97 Å². The van der Waals surface area contributed by atoms with Gasteiger partial charge < -0.3 is 10.1 Å². The monoisotopic (exact) mass is 243 g/mol. The first-order chi connectivity index (χ1) is 7.56. The second kappa shape index (κ2) is 4.04. The summed E-state index contributed by atoms with van der Waals surface area (Å²) in [6.07, 6.45) is 3.88. The van der Waals surface area contributed by atoms with Crippen molar-refractivity contribution < 1.29 is 9.53 Å². The molecule has 0 amide bonds. The van der Waals surface area contributed by atoms with E-state index in [0.29, 0.717) is 17.7 Å². The van der Waals surface area contributed by atoms with E-state index in [9.17, 15) is 4.79 Å². The van der Waals surface area contributed by atoms with Crippen LogP contribution in [0.1, 0.15) is 25.7 Å². The zero-order valence-corrected chi connectivity index (χ0v) is 10.4. The normalized spacial score (nSPS) is 30.4. The Bertz CT molecular complexity index is 325. The molecule has 1 atom stereocenters. The molecule has 1 saturated carbocycles. The highest BCUT2D eigenvalue weighted by molar-refractivity contribution is 6.19. The van der Waals surface area contributed by atoms with Crippen LogP contribution in [-0.4, -0.2) is 31.0 Å². The van der Waals surface area contributed by atoms with Gasteiger partial charge in [0.1, 0.15) is 5.54 Å². The highest BCUT2D eigenvalue weighted by atomic mass is 35.5. The fraction of sp³-hybridized carbons (Fsp3) is 0.750. The molecule has 2 rings (SSSR count). The number of nitrogens with one attached hydrogen (secondary N) is 1. The molecule has 4 heteroatoms. The number of carbonyl (C=O) groups excluding carboxylic acids is 1. The molecular formula is C12H18ClNO2. The first kappa shape index (κ1) is 11.9. The van der Waals surface area contributed by atoms with E-state index in [0.717, 1.165) is 18.5 Å². The van der Waals surface area contributed by atoms with Crippen molar-refractivity contribution in [2.45, 2.75) is 31.2 Å². The number of carbonyl (C=O) groups is 1. The maximum atomic E-state index is 11.9. The Morgan fingerprint density at radius 1 is 1.56 bits per heavy atom. The fourth-order valence-corrected chi connectivity index (χ4v) is 2.76. The molecule has 0 aromatic rings. The number of esters is 1. The van der Waals surface area contributed by atoms with Gasteiger partial charge in [0.15, 0.2) is 0 Å². The lowest BCUT2D eigenvalue weighted by Gasteiger charge is -2.27. The van der Waals surface area contributed by atoms with Gasteiger partial charge in [0.25, 0.3) is 0 Å². The summed E-state index contributed by atoms with van der Waals surface area (Å²) in [5, 5.41) is 3.34. The van der Waals surface area contributed by atoms with Crippen molar-refractivity contribution in [1.29, 1.82) is 0 Å². The van der Waals surface area contributed by atoms with Crippen molar-refractivity contribution >= 4 is 17.6 Å². The van der Waals surface area contributed by atoms with Crippen LogP contribution >= 0.6 is 11.6 Å². The summed E-state index contributed by atoms with van der Waals surface area (Å²) < 4.78 is 4.92. The topological polar surface area (TPSA) is 38.3 Å². The highest BCUT2D eigenvalue weighted by Gasteiger charge is 2.58. The van der Waals surface area contributed by atoms with E-state index < -0.39 is 5.54 Å². The molecule has 2 aliphatic rings. The zero-order valence-electron chi connectivity index (χ0n) is 9.64. The Kier molecular flexibility index (Phi) is 3.01. The average molecular weight is 244 g/mol. The summed E-state index contributed by atoms with van der Waals surface area (Å²) in [6, 6.07) is 0. The lowest BCUT2D eigenvalue weighted by Crippen LogP contribution is -2.48. The van der Waals surface area contributed by atoms with Gasteiger partial charge in [-0.15, -0.1) is 11.6 Å². The number of hydrogen-bond acceptors (Lipinski definition) is 3. The standard InChI is InChI=1S/C12H18ClNO2/c1-9(6-13)5-12(10(15)16-2)7-11(3-4-11)8-14-12/h14H,1,3-8H2,2H3. The van der Waals surface area contributed by atoms with Crippen molar-refractivity contribution in [3.63, 3.8) is 0 Å². The van der Waals surface area contributed by atoms with Crippen LogP contribution < -0.4 is 5.32 Å². The Hall–Kier alpha value is -0.540. The minimum Gasteiger partial charge on any atom is -0.468 e. The van der Waals surface area contributed by atoms with Gasteiger partial charge in [-0.25, -0.2) is 0 Å². The van der Waals surface area contributed by atoms with Gasteiger partial charge in [-0.1, -0.05) is 12.2 Å². The fourth-order valence-electron chi connectivity index (χ4n) is 2.66. The lowest BCUT2D eigenvalue weighted by atomic mass is 9.86. The maximum Gasteiger partial charge on any atom is 0.326 e. The first-order valence-electron chi connectivity index (χ1n) is 5.62. The Labute approximate surface area is 101 Å². The molecule has 16 heavy (non-hydrogen) atoms. The smallest absolute Gasteiger partial charge is 0.326 e. The van der Waals surface area contributed by atoms with E-state index in [1.165, 1.54) is 20.0 Å². The Morgan fingerprint density at radius 2 is 2.25 bits per heavy atom. The van der Waals surface area contributed by atoms with Crippen LogP contribution in [-0.2, 0) is 9.53 Å². The summed E-state index contributed by atoms with van der Waals surface area (Å²) in [5.41, 5.74) is 0.662. The van der Waals surface area contributed by atoms with Gasteiger partial charge in [-0.05, 0) is 31.1 Å². The number of halogens is 1. The van der Waals surface area contributed by atoms with E-state index >= 15 is 0 Å². The quantitative estimate of drug-likeness (QED) is 0.465. The second-order valence-electron chi connectivity index (χ2n) is 5.16. The van der Waals surface area contributed by atoms with Crippen LogP contribution in [0.4, 0.5) is 0 Å². The molecule has 2 fully saturated rings. The van der Waals surface area contributed by atoms with Gasteiger partial charge in [-0.3, -0.25) is 4.79 Å². The van der Waals surface area contributed by atoms with Crippen LogP contribution in [0.3, 0.4) is 0 Å². The van der Waals surface area contributed by atoms with Crippen LogP contribution in [0.5, 0.6) is 0 Å². The molecule has 1 aliphatic heterocycles. The number of alkyl halides is 1. The van der Waals surface area contributed by atoms with Crippen LogP contribution in [0, 0.1) is 5.41 Å². The molecule has 0 aromatic carbocycles. The molecule has 1 N–H and O–H groups in total. The molecule has 1 heterocycles. The van der Waals surface area contributed by atoms with Crippen molar-refractivity contribution in [2.24, 2.45) is 5.41 Å². The second-order valence-corrected chi connectivity index (χ2v) is 5.43. The van der Waals surface area contributed by atoms with E-state index in [-0.39, 0.29) is 5.97 Å². The summed E-state index contributed by atoms with van der Waals surface area (Å²) in [4.78, 5) is 11.9. The van der Waals surface area contributed by atoms with Crippen molar-refractivity contribution in [3.8, 4) is 0 Å². The Morgan fingerprint density at radius 3 is 2.69 bits per heavy atom. The molecule has 0 bridgehead atoms.